The predicted molar refractivity (Wildman–Crippen MR) is 101 cm³/mol. The number of rotatable bonds is 6. The maximum Gasteiger partial charge on any atom is 0.251 e. The first kappa shape index (κ1) is 17.5. The van der Waals surface area contributed by atoms with E-state index in [1.54, 1.807) is 19.2 Å². The summed E-state index contributed by atoms with van der Waals surface area (Å²) in [6.45, 7) is 1.93. The Labute approximate surface area is 157 Å². The molecule has 4 rings (SSSR count). The zero-order chi connectivity index (χ0) is 18.6. The van der Waals surface area contributed by atoms with Gasteiger partial charge in [0.1, 0.15) is 11.3 Å². The van der Waals surface area contributed by atoms with Gasteiger partial charge in [0, 0.05) is 18.7 Å². The standard InChI is InChI=1S/C20H22N4O3/c1-26-16-7-4-14(5-8-16)13-24-19-9-6-15(11-18(19)22-23-24)20(25)21-12-17-3-2-10-27-17/h4-9,11,17H,2-3,10,12-13H2,1H3,(H,21,25)/t17-/m1/s1. The Balaban J connectivity index is 1.46. The predicted octanol–water partition coefficient (Wildman–Crippen LogP) is 2.40. The number of ether oxygens (including phenoxy) is 2. The first-order valence-corrected chi connectivity index (χ1v) is 9.09. The third-order valence-corrected chi connectivity index (χ3v) is 4.78. The topological polar surface area (TPSA) is 78.3 Å². The molecule has 0 aliphatic carbocycles. The Morgan fingerprint density at radius 3 is 2.89 bits per heavy atom. The number of aromatic nitrogens is 3. The molecule has 1 fully saturated rings. The minimum Gasteiger partial charge on any atom is -0.497 e. The summed E-state index contributed by atoms with van der Waals surface area (Å²) in [5, 5.41) is 11.4. The SMILES string of the molecule is COc1ccc(Cn2nnc3cc(C(=O)NC[C@H]4CCCO4)ccc32)cc1. The van der Waals surface area contributed by atoms with Gasteiger partial charge in [0.25, 0.3) is 5.91 Å². The lowest BCUT2D eigenvalue weighted by molar-refractivity contribution is 0.0858. The van der Waals surface area contributed by atoms with Crippen molar-refractivity contribution in [3.8, 4) is 5.75 Å². The van der Waals surface area contributed by atoms with Crippen LogP contribution in [0.4, 0.5) is 0 Å². The molecule has 27 heavy (non-hydrogen) atoms. The van der Waals surface area contributed by atoms with Crippen LogP contribution in [0, 0.1) is 0 Å². The van der Waals surface area contributed by atoms with Gasteiger partial charge in [0.2, 0.25) is 0 Å². The summed E-state index contributed by atoms with van der Waals surface area (Å²) in [5.41, 5.74) is 3.27. The summed E-state index contributed by atoms with van der Waals surface area (Å²) < 4.78 is 12.5. The molecular formula is C20H22N4O3. The van der Waals surface area contributed by atoms with Crippen LogP contribution in [0.3, 0.4) is 0 Å². The van der Waals surface area contributed by atoms with E-state index in [4.69, 9.17) is 9.47 Å². The van der Waals surface area contributed by atoms with Crippen LogP contribution in [-0.2, 0) is 11.3 Å². The van der Waals surface area contributed by atoms with Crippen LogP contribution in [0.5, 0.6) is 5.75 Å². The number of hydrogen-bond acceptors (Lipinski definition) is 5. The van der Waals surface area contributed by atoms with Gasteiger partial charge in [-0.3, -0.25) is 4.79 Å². The number of nitrogens with zero attached hydrogens (tertiary/aromatic N) is 3. The molecule has 140 valence electrons. The monoisotopic (exact) mass is 366 g/mol. The minimum atomic E-state index is -0.114. The molecule has 0 bridgehead atoms. The fourth-order valence-corrected chi connectivity index (χ4v) is 3.25. The summed E-state index contributed by atoms with van der Waals surface area (Å²) in [5.74, 6) is 0.706. The van der Waals surface area contributed by atoms with E-state index in [0.29, 0.717) is 24.2 Å². The highest BCUT2D eigenvalue weighted by Gasteiger charge is 2.17. The van der Waals surface area contributed by atoms with Crippen molar-refractivity contribution in [3.05, 3.63) is 53.6 Å². The van der Waals surface area contributed by atoms with E-state index in [1.807, 2.05) is 35.0 Å². The molecule has 1 N–H and O–H groups in total. The smallest absolute Gasteiger partial charge is 0.251 e. The summed E-state index contributed by atoms with van der Waals surface area (Å²) >= 11 is 0. The molecule has 1 amide bonds. The third-order valence-electron chi connectivity index (χ3n) is 4.78. The molecule has 1 aliphatic rings. The number of methoxy groups -OCH3 is 1. The average molecular weight is 366 g/mol. The maximum absolute atomic E-state index is 12.4. The molecule has 1 saturated heterocycles. The van der Waals surface area contributed by atoms with Crippen LogP contribution >= 0.6 is 0 Å². The molecule has 3 aromatic rings. The Morgan fingerprint density at radius 2 is 2.15 bits per heavy atom. The fourth-order valence-electron chi connectivity index (χ4n) is 3.25. The second kappa shape index (κ2) is 7.75. The zero-order valence-corrected chi connectivity index (χ0v) is 15.2. The van der Waals surface area contributed by atoms with Gasteiger partial charge in [-0.25, -0.2) is 4.68 Å². The Morgan fingerprint density at radius 1 is 1.30 bits per heavy atom. The van der Waals surface area contributed by atoms with Gasteiger partial charge in [-0.2, -0.15) is 0 Å². The highest BCUT2D eigenvalue weighted by molar-refractivity contribution is 5.97. The fraction of sp³-hybridized carbons (Fsp3) is 0.350. The lowest BCUT2D eigenvalue weighted by Crippen LogP contribution is -2.31. The second-order valence-corrected chi connectivity index (χ2v) is 6.64. The number of fused-ring (bicyclic) bond motifs is 1. The van der Waals surface area contributed by atoms with Crippen LogP contribution in [0.25, 0.3) is 11.0 Å². The van der Waals surface area contributed by atoms with Crippen molar-refractivity contribution in [1.29, 1.82) is 0 Å². The third kappa shape index (κ3) is 3.93. The molecule has 1 aromatic heterocycles. The molecule has 1 atom stereocenters. The van der Waals surface area contributed by atoms with Crippen LogP contribution in [0.15, 0.2) is 42.5 Å². The number of carbonyl (C=O) groups excluding carboxylic acids is 1. The van der Waals surface area contributed by atoms with E-state index in [1.165, 1.54) is 0 Å². The number of carbonyl (C=O) groups is 1. The quantitative estimate of drug-likeness (QED) is 0.725. The zero-order valence-electron chi connectivity index (χ0n) is 15.2. The molecule has 0 saturated carbocycles. The number of nitrogens with one attached hydrogen (secondary N) is 1. The molecule has 2 aromatic carbocycles. The van der Waals surface area contributed by atoms with E-state index in [0.717, 1.165) is 36.3 Å². The lowest BCUT2D eigenvalue weighted by atomic mass is 10.1. The highest BCUT2D eigenvalue weighted by atomic mass is 16.5. The Kier molecular flexibility index (Phi) is 5.02. The van der Waals surface area contributed by atoms with Crippen LogP contribution in [0.1, 0.15) is 28.8 Å². The molecular weight excluding hydrogens is 344 g/mol. The number of hydrogen-bond donors (Lipinski definition) is 1. The van der Waals surface area contributed by atoms with E-state index >= 15 is 0 Å². The minimum absolute atomic E-state index is 0.114. The Bertz CT molecular complexity index is 930. The number of benzene rings is 2. The largest absolute Gasteiger partial charge is 0.497 e. The van der Waals surface area contributed by atoms with Gasteiger partial charge < -0.3 is 14.8 Å². The van der Waals surface area contributed by atoms with Gasteiger partial charge in [-0.1, -0.05) is 17.3 Å². The van der Waals surface area contributed by atoms with Crippen molar-refractivity contribution >= 4 is 16.9 Å². The van der Waals surface area contributed by atoms with E-state index in [-0.39, 0.29) is 12.0 Å². The van der Waals surface area contributed by atoms with Gasteiger partial charge >= 0.3 is 0 Å². The van der Waals surface area contributed by atoms with E-state index in [9.17, 15) is 4.79 Å². The molecule has 1 aliphatic heterocycles. The molecule has 0 radical (unpaired) electrons. The summed E-state index contributed by atoms with van der Waals surface area (Å²) in [6, 6.07) is 13.3. The highest BCUT2D eigenvalue weighted by Crippen LogP contribution is 2.17. The summed E-state index contributed by atoms with van der Waals surface area (Å²) in [4.78, 5) is 12.4. The first-order chi connectivity index (χ1) is 13.2. The number of amides is 1. The van der Waals surface area contributed by atoms with Crippen molar-refractivity contribution in [3.63, 3.8) is 0 Å². The van der Waals surface area contributed by atoms with Crippen molar-refractivity contribution in [2.75, 3.05) is 20.3 Å². The maximum atomic E-state index is 12.4. The van der Waals surface area contributed by atoms with Crippen LogP contribution < -0.4 is 10.1 Å². The lowest BCUT2D eigenvalue weighted by Gasteiger charge is -2.10. The molecule has 7 heteroatoms. The van der Waals surface area contributed by atoms with Gasteiger partial charge in [-0.15, -0.1) is 5.10 Å². The summed E-state index contributed by atoms with van der Waals surface area (Å²) in [6.07, 6.45) is 2.19. The normalized spacial score (nSPS) is 16.6. The van der Waals surface area contributed by atoms with E-state index in [2.05, 4.69) is 15.6 Å². The molecule has 0 unspecified atom stereocenters. The Hall–Kier alpha value is -2.93. The van der Waals surface area contributed by atoms with Crippen molar-refractivity contribution in [1.82, 2.24) is 20.3 Å². The first-order valence-electron chi connectivity index (χ1n) is 9.09. The second-order valence-electron chi connectivity index (χ2n) is 6.64. The van der Waals surface area contributed by atoms with Crippen LogP contribution in [0.2, 0.25) is 0 Å². The molecule has 0 spiro atoms. The molecule has 7 nitrogen and oxygen atoms in total. The molecule has 2 heterocycles. The van der Waals surface area contributed by atoms with Crippen molar-refractivity contribution in [2.24, 2.45) is 0 Å². The van der Waals surface area contributed by atoms with Gasteiger partial charge in [-0.05, 0) is 48.7 Å². The van der Waals surface area contributed by atoms with E-state index < -0.39 is 0 Å². The van der Waals surface area contributed by atoms with Gasteiger partial charge in [0.15, 0.2) is 0 Å². The van der Waals surface area contributed by atoms with Crippen molar-refractivity contribution in [2.45, 2.75) is 25.5 Å². The van der Waals surface area contributed by atoms with Crippen molar-refractivity contribution < 1.29 is 14.3 Å². The van der Waals surface area contributed by atoms with Gasteiger partial charge in [0.05, 0.1) is 25.3 Å². The summed E-state index contributed by atoms with van der Waals surface area (Å²) in [7, 11) is 1.65. The van der Waals surface area contributed by atoms with Crippen LogP contribution in [-0.4, -0.2) is 47.3 Å². The average Bonchev–Trinajstić information content (AvgIpc) is 3.36.